The van der Waals surface area contributed by atoms with Gasteiger partial charge in [-0.25, -0.2) is 0 Å². The van der Waals surface area contributed by atoms with Crippen LogP contribution in [0.1, 0.15) is 0 Å². The van der Waals surface area contributed by atoms with Crippen LogP contribution in [-0.2, 0) is 0 Å². The average Bonchev–Trinajstić information content (AvgIpc) is 2.60. The SMILES string of the molecule is CSc1cc(I)c(I)c2ccsc12. The van der Waals surface area contributed by atoms with Crippen molar-refractivity contribution in [3.8, 4) is 0 Å². The Kier molecular flexibility index (Phi) is 3.43. The van der Waals surface area contributed by atoms with Crippen LogP contribution in [0.15, 0.2) is 22.4 Å². The van der Waals surface area contributed by atoms with Gasteiger partial charge in [-0.2, -0.15) is 0 Å². The predicted octanol–water partition coefficient (Wildman–Crippen LogP) is 4.83. The molecule has 68 valence electrons. The third kappa shape index (κ3) is 1.87. The largest absolute Gasteiger partial charge is 0.143 e. The fraction of sp³-hybridized carbons (Fsp3) is 0.111. The number of fused-ring (bicyclic) bond motifs is 1. The molecule has 0 N–H and O–H groups in total. The molecule has 0 fully saturated rings. The number of hydrogen-bond acceptors (Lipinski definition) is 2. The van der Waals surface area contributed by atoms with Crippen molar-refractivity contribution in [2.45, 2.75) is 4.90 Å². The molecule has 0 unspecified atom stereocenters. The van der Waals surface area contributed by atoms with Crippen LogP contribution in [0, 0.1) is 7.14 Å². The molecule has 2 aromatic rings. The Balaban J connectivity index is 2.87. The number of thioether (sulfide) groups is 1. The highest BCUT2D eigenvalue weighted by Crippen LogP contribution is 2.36. The van der Waals surface area contributed by atoms with E-state index in [1.54, 1.807) is 0 Å². The van der Waals surface area contributed by atoms with Crippen LogP contribution in [0.5, 0.6) is 0 Å². The van der Waals surface area contributed by atoms with Crippen molar-refractivity contribution in [1.82, 2.24) is 0 Å². The van der Waals surface area contributed by atoms with Crippen molar-refractivity contribution in [3.63, 3.8) is 0 Å². The Morgan fingerprint density at radius 3 is 2.85 bits per heavy atom. The van der Waals surface area contributed by atoms with Gasteiger partial charge in [-0.05, 0) is 69.0 Å². The molecule has 0 spiro atoms. The van der Waals surface area contributed by atoms with Crippen LogP contribution in [0.25, 0.3) is 10.1 Å². The molecular formula is C9H6I2S2. The Morgan fingerprint density at radius 2 is 2.15 bits per heavy atom. The zero-order chi connectivity index (χ0) is 9.42. The normalized spacial score (nSPS) is 11.0. The van der Waals surface area contributed by atoms with Gasteiger partial charge in [0.15, 0.2) is 0 Å². The zero-order valence-corrected chi connectivity index (χ0v) is 12.8. The van der Waals surface area contributed by atoms with Gasteiger partial charge in [0.05, 0.1) is 0 Å². The molecule has 0 amide bonds. The lowest BCUT2D eigenvalue weighted by molar-refractivity contribution is 1.52. The summed E-state index contributed by atoms with van der Waals surface area (Å²) in [4.78, 5) is 1.40. The highest BCUT2D eigenvalue weighted by atomic mass is 127. The lowest BCUT2D eigenvalue weighted by atomic mass is 10.3. The van der Waals surface area contributed by atoms with E-state index in [1.165, 1.54) is 22.1 Å². The summed E-state index contributed by atoms with van der Waals surface area (Å²) in [6.45, 7) is 0. The van der Waals surface area contributed by atoms with Gasteiger partial charge in [0.2, 0.25) is 0 Å². The van der Waals surface area contributed by atoms with E-state index in [0.29, 0.717) is 0 Å². The van der Waals surface area contributed by atoms with E-state index < -0.39 is 0 Å². The summed E-state index contributed by atoms with van der Waals surface area (Å²) in [6.07, 6.45) is 2.14. The van der Waals surface area contributed by atoms with Gasteiger partial charge >= 0.3 is 0 Å². The first-order valence-corrected chi connectivity index (χ1v) is 7.89. The quantitative estimate of drug-likeness (QED) is 0.460. The molecule has 0 saturated heterocycles. The fourth-order valence-corrected chi connectivity index (χ4v) is 4.54. The van der Waals surface area contributed by atoms with E-state index in [4.69, 9.17) is 0 Å². The second kappa shape index (κ2) is 4.24. The van der Waals surface area contributed by atoms with Crippen molar-refractivity contribution in [1.29, 1.82) is 0 Å². The maximum absolute atomic E-state index is 2.42. The van der Waals surface area contributed by atoms with Crippen molar-refractivity contribution >= 4 is 78.4 Å². The molecule has 0 nitrogen and oxygen atoms in total. The topological polar surface area (TPSA) is 0 Å². The van der Waals surface area contributed by atoms with Crippen molar-refractivity contribution in [2.75, 3.05) is 6.26 Å². The summed E-state index contributed by atoms with van der Waals surface area (Å²) in [5.41, 5.74) is 0. The fourth-order valence-electron chi connectivity index (χ4n) is 1.20. The number of rotatable bonds is 1. The van der Waals surface area contributed by atoms with Gasteiger partial charge < -0.3 is 0 Å². The van der Waals surface area contributed by atoms with E-state index >= 15 is 0 Å². The Morgan fingerprint density at radius 1 is 1.38 bits per heavy atom. The van der Waals surface area contributed by atoms with Gasteiger partial charge in [0.1, 0.15) is 0 Å². The molecule has 2 rings (SSSR count). The van der Waals surface area contributed by atoms with E-state index in [2.05, 4.69) is 69.0 Å². The summed E-state index contributed by atoms with van der Waals surface area (Å²) in [6, 6.07) is 4.48. The highest BCUT2D eigenvalue weighted by molar-refractivity contribution is 14.1. The second-order valence-electron chi connectivity index (χ2n) is 2.54. The maximum Gasteiger partial charge on any atom is 0.0489 e. The first-order chi connectivity index (χ1) is 6.24. The summed E-state index contributed by atoms with van der Waals surface area (Å²) in [5.74, 6) is 0. The number of thiophene rings is 1. The van der Waals surface area contributed by atoms with Gasteiger partial charge in [-0.15, -0.1) is 23.1 Å². The molecule has 1 aromatic carbocycles. The first-order valence-electron chi connectivity index (χ1n) is 3.63. The summed E-state index contributed by atoms with van der Waals surface area (Å²) >= 11 is 8.49. The van der Waals surface area contributed by atoms with Crippen LogP contribution < -0.4 is 0 Å². The maximum atomic E-state index is 2.42. The molecule has 0 aliphatic heterocycles. The van der Waals surface area contributed by atoms with Gasteiger partial charge in [0.25, 0.3) is 0 Å². The molecule has 0 aliphatic rings. The van der Waals surface area contributed by atoms with Crippen molar-refractivity contribution in [3.05, 3.63) is 24.7 Å². The van der Waals surface area contributed by atoms with Crippen LogP contribution in [0.2, 0.25) is 0 Å². The summed E-state index contributed by atoms with van der Waals surface area (Å²) in [7, 11) is 0. The molecule has 0 radical (unpaired) electrons. The molecule has 0 atom stereocenters. The molecule has 1 aromatic heterocycles. The first kappa shape index (κ1) is 10.5. The van der Waals surface area contributed by atoms with E-state index in [-0.39, 0.29) is 0 Å². The Bertz CT molecular complexity index is 448. The zero-order valence-electron chi connectivity index (χ0n) is 6.80. The predicted molar refractivity (Wildman–Crippen MR) is 79.0 cm³/mol. The van der Waals surface area contributed by atoms with Gasteiger partial charge in [0, 0.05) is 22.1 Å². The molecule has 0 aliphatic carbocycles. The van der Waals surface area contributed by atoms with E-state index in [1.807, 2.05) is 23.1 Å². The monoisotopic (exact) mass is 432 g/mol. The summed E-state index contributed by atoms with van der Waals surface area (Å²) < 4.78 is 4.16. The minimum Gasteiger partial charge on any atom is -0.143 e. The van der Waals surface area contributed by atoms with Crippen molar-refractivity contribution in [2.24, 2.45) is 0 Å². The smallest absolute Gasteiger partial charge is 0.0489 e. The van der Waals surface area contributed by atoms with E-state index in [9.17, 15) is 0 Å². The molecule has 1 heterocycles. The molecule has 4 heteroatoms. The summed E-state index contributed by atoms with van der Waals surface area (Å²) in [5, 5.41) is 3.57. The van der Waals surface area contributed by atoms with Crippen LogP contribution in [-0.4, -0.2) is 6.26 Å². The number of hydrogen-bond donors (Lipinski definition) is 0. The number of halogens is 2. The Labute approximate surface area is 113 Å². The van der Waals surface area contributed by atoms with Gasteiger partial charge in [-0.1, -0.05) is 0 Å². The molecular weight excluding hydrogens is 426 g/mol. The van der Waals surface area contributed by atoms with Crippen LogP contribution in [0.4, 0.5) is 0 Å². The van der Waals surface area contributed by atoms with Crippen LogP contribution in [0.3, 0.4) is 0 Å². The average molecular weight is 432 g/mol. The molecule has 0 saturated carbocycles. The minimum absolute atomic E-state index is 1.36. The standard InChI is InChI=1S/C9H6I2S2/c1-12-7-4-6(10)8(11)5-2-3-13-9(5)7/h2-4H,1H3. The third-order valence-electron chi connectivity index (χ3n) is 1.81. The van der Waals surface area contributed by atoms with Gasteiger partial charge in [-0.3, -0.25) is 0 Å². The third-order valence-corrected chi connectivity index (χ3v) is 6.70. The van der Waals surface area contributed by atoms with E-state index in [0.717, 1.165) is 0 Å². The lowest BCUT2D eigenvalue weighted by Gasteiger charge is -2.03. The lowest BCUT2D eigenvalue weighted by Crippen LogP contribution is -1.82. The Hall–Kier alpha value is 0.990. The second-order valence-corrected chi connectivity index (χ2v) is 6.54. The number of benzene rings is 1. The molecule has 13 heavy (non-hydrogen) atoms. The molecule has 0 bridgehead atoms. The minimum atomic E-state index is 1.36. The van der Waals surface area contributed by atoms with Crippen LogP contribution >= 0.6 is 68.3 Å². The van der Waals surface area contributed by atoms with Crippen molar-refractivity contribution < 1.29 is 0 Å². The highest BCUT2D eigenvalue weighted by Gasteiger charge is 2.08.